The predicted molar refractivity (Wildman–Crippen MR) is 174 cm³/mol. The molecule has 9 nitrogen and oxygen atoms in total. The SMILES string of the molecule is COCCCN1CCOc2ccc(CO[C@H]3CNC(CC(C)(C)C(=O)N4CCN(C)CC4)C[C@@H]3c3ccc(OC)cc3)cc21. The minimum absolute atomic E-state index is 0.00109. The lowest BCUT2D eigenvalue weighted by molar-refractivity contribution is -0.143. The summed E-state index contributed by atoms with van der Waals surface area (Å²) in [6, 6.07) is 15.0. The molecule has 1 unspecified atom stereocenters. The van der Waals surface area contributed by atoms with E-state index in [1.807, 2.05) is 12.1 Å². The zero-order valence-corrected chi connectivity index (χ0v) is 27.3. The summed E-state index contributed by atoms with van der Waals surface area (Å²) in [4.78, 5) is 20.3. The number of likely N-dealkylation sites (N-methyl/N-ethyl adjacent to an activating group) is 1. The van der Waals surface area contributed by atoms with Crippen LogP contribution in [-0.2, 0) is 20.9 Å². The fourth-order valence-corrected chi connectivity index (χ4v) is 6.88. The van der Waals surface area contributed by atoms with Gasteiger partial charge in [0, 0.05) is 70.4 Å². The molecule has 3 aliphatic rings. The summed E-state index contributed by atoms with van der Waals surface area (Å²) >= 11 is 0. The Morgan fingerprint density at radius 1 is 1.05 bits per heavy atom. The number of anilines is 1. The first-order valence-corrected chi connectivity index (χ1v) is 16.2. The Morgan fingerprint density at radius 2 is 1.82 bits per heavy atom. The number of fused-ring (bicyclic) bond motifs is 1. The molecule has 2 fully saturated rings. The van der Waals surface area contributed by atoms with Crippen LogP contribution in [0.15, 0.2) is 42.5 Å². The molecule has 2 aromatic rings. The first-order valence-electron chi connectivity index (χ1n) is 16.2. The maximum Gasteiger partial charge on any atom is 0.228 e. The van der Waals surface area contributed by atoms with Crippen molar-refractivity contribution < 1.29 is 23.7 Å². The molecular weight excluding hydrogens is 556 g/mol. The number of methoxy groups -OCH3 is 2. The van der Waals surface area contributed by atoms with Crippen LogP contribution in [0.3, 0.4) is 0 Å². The molecular formula is C35H52N4O5. The van der Waals surface area contributed by atoms with Crippen molar-refractivity contribution >= 4 is 11.6 Å². The summed E-state index contributed by atoms with van der Waals surface area (Å²) in [5.74, 6) is 2.25. The summed E-state index contributed by atoms with van der Waals surface area (Å²) < 4.78 is 23.4. The molecule has 0 radical (unpaired) electrons. The number of benzene rings is 2. The Labute approximate surface area is 263 Å². The number of carbonyl (C=O) groups excluding carboxylic acids is 1. The lowest BCUT2D eigenvalue weighted by Crippen LogP contribution is -2.53. The maximum atomic E-state index is 13.6. The molecule has 3 atom stereocenters. The third-order valence-corrected chi connectivity index (χ3v) is 9.49. The van der Waals surface area contributed by atoms with Gasteiger partial charge in [-0.05, 0) is 61.7 Å². The van der Waals surface area contributed by atoms with E-state index < -0.39 is 5.41 Å². The molecule has 1 N–H and O–H groups in total. The van der Waals surface area contributed by atoms with Crippen molar-refractivity contribution in [3.05, 3.63) is 53.6 Å². The first kappa shape index (κ1) is 32.5. The van der Waals surface area contributed by atoms with Gasteiger partial charge in [0.2, 0.25) is 5.91 Å². The molecule has 0 spiro atoms. The van der Waals surface area contributed by atoms with E-state index >= 15 is 0 Å². The molecule has 44 heavy (non-hydrogen) atoms. The third-order valence-electron chi connectivity index (χ3n) is 9.49. The van der Waals surface area contributed by atoms with Gasteiger partial charge in [-0.1, -0.05) is 32.0 Å². The topological polar surface area (TPSA) is 75.7 Å². The van der Waals surface area contributed by atoms with Crippen molar-refractivity contribution in [1.29, 1.82) is 0 Å². The van der Waals surface area contributed by atoms with E-state index in [-0.39, 0.29) is 24.0 Å². The molecule has 2 aromatic carbocycles. The van der Waals surface area contributed by atoms with Crippen LogP contribution in [0.5, 0.6) is 11.5 Å². The van der Waals surface area contributed by atoms with E-state index in [9.17, 15) is 4.79 Å². The van der Waals surface area contributed by atoms with Crippen LogP contribution in [0, 0.1) is 5.41 Å². The van der Waals surface area contributed by atoms with Crippen molar-refractivity contribution in [3.8, 4) is 11.5 Å². The summed E-state index contributed by atoms with van der Waals surface area (Å²) in [7, 11) is 5.57. The van der Waals surface area contributed by atoms with E-state index in [1.165, 1.54) is 5.56 Å². The normalized spacial score (nSPS) is 22.8. The van der Waals surface area contributed by atoms with Crippen molar-refractivity contribution in [2.24, 2.45) is 5.41 Å². The largest absolute Gasteiger partial charge is 0.497 e. The standard InChI is InChI=1S/C35H52N4O5/c1-35(2,34(40)39-16-14-37(3)15-17-39)23-28-22-30(27-8-10-29(42-5)11-9-27)33(24-36-28)44-25-26-7-12-32-31(21-26)38(18-20-43-32)13-6-19-41-4/h7-12,21,28,30,33,36H,6,13-20,22-25H2,1-5H3/t28?,30-,33+/m1/s1. The Kier molecular flexibility index (Phi) is 11.1. The molecule has 9 heteroatoms. The van der Waals surface area contributed by atoms with Gasteiger partial charge in [-0.2, -0.15) is 0 Å². The number of hydrogen-bond donors (Lipinski definition) is 1. The van der Waals surface area contributed by atoms with Gasteiger partial charge in [0.15, 0.2) is 0 Å². The fraction of sp³-hybridized carbons (Fsp3) is 0.629. The smallest absolute Gasteiger partial charge is 0.228 e. The molecule has 0 aliphatic carbocycles. The van der Waals surface area contributed by atoms with Crippen LogP contribution in [0.1, 0.15) is 50.2 Å². The van der Waals surface area contributed by atoms with Gasteiger partial charge in [-0.3, -0.25) is 4.79 Å². The quantitative estimate of drug-likeness (QED) is 0.361. The number of carbonyl (C=O) groups is 1. The maximum absolute atomic E-state index is 13.6. The number of nitrogens with one attached hydrogen (secondary N) is 1. The van der Waals surface area contributed by atoms with Crippen LogP contribution in [0.4, 0.5) is 5.69 Å². The predicted octanol–water partition coefficient (Wildman–Crippen LogP) is 4.15. The lowest BCUT2D eigenvalue weighted by atomic mass is 9.77. The highest BCUT2D eigenvalue weighted by Gasteiger charge is 2.39. The van der Waals surface area contributed by atoms with E-state index in [1.54, 1.807) is 14.2 Å². The average molecular weight is 609 g/mol. The van der Waals surface area contributed by atoms with Gasteiger partial charge in [-0.15, -0.1) is 0 Å². The van der Waals surface area contributed by atoms with Crippen LogP contribution >= 0.6 is 0 Å². The lowest BCUT2D eigenvalue weighted by Gasteiger charge is -2.42. The molecule has 0 saturated carbocycles. The van der Waals surface area contributed by atoms with Crippen LogP contribution in [0.2, 0.25) is 0 Å². The Hall–Kier alpha value is -2.85. The molecule has 3 heterocycles. The molecule has 1 amide bonds. The van der Waals surface area contributed by atoms with Crippen molar-refractivity contribution in [2.45, 2.75) is 57.8 Å². The van der Waals surface area contributed by atoms with Gasteiger partial charge in [-0.25, -0.2) is 0 Å². The molecule has 242 valence electrons. The Bertz CT molecular complexity index is 1210. The van der Waals surface area contributed by atoms with E-state index in [0.717, 1.165) is 94.4 Å². The van der Waals surface area contributed by atoms with Gasteiger partial charge in [0.1, 0.15) is 18.1 Å². The van der Waals surface area contributed by atoms with Crippen molar-refractivity contribution in [1.82, 2.24) is 15.1 Å². The summed E-state index contributed by atoms with van der Waals surface area (Å²) in [5.41, 5.74) is 3.08. The van der Waals surface area contributed by atoms with Gasteiger partial charge in [0.05, 0.1) is 32.1 Å². The van der Waals surface area contributed by atoms with Crippen LogP contribution in [-0.4, -0.2) is 108 Å². The third kappa shape index (κ3) is 8.05. The van der Waals surface area contributed by atoms with Gasteiger partial charge >= 0.3 is 0 Å². The molecule has 3 aliphatic heterocycles. The van der Waals surface area contributed by atoms with Crippen LogP contribution in [0.25, 0.3) is 0 Å². The molecule has 0 aromatic heterocycles. The zero-order valence-electron chi connectivity index (χ0n) is 27.3. The summed E-state index contributed by atoms with van der Waals surface area (Å²) in [6.07, 6.45) is 2.68. The Morgan fingerprint density at radius 3 is 2.55 bits per heavy atom. The second-order valence-corrected chi connectivity index (χ2v) is 13.2. The van der Waals surface area contributed by atoms with Crippen LogP contribution < -0.4 is 19.7 Å². The van der Waals surface area contributed by atoms with E-state index in [4.69, 9.17) is 18.9 Å². The second-order valence-electron chi connectivity index (χ2n) is 13.2. The Balaban J connectivity index is 1.26. The minimum Gasteiger partial charge on any atom is -0.497 e. The number of rotatable bonds is 12. The monoisotopic (exact) mass is 608 g/mol. The number of piperidine rings is 1. The number of hydrogen-bond acceptors (Lipinski definition) is 8. The van der Waals surface area contributed by atoms with E-state index in [0.29, 0.717) is 13.2 Å². The van der Waals surface area contributed by atoms with Gasteiger partial charge in [0.25, 0.3) is 0 Å². The van der Waals surface area contributed by atoms with Crippen molar-refractivity contribution in [2.75, 3.05) is 85.2 Å². The van der Waals surface area contributed by atoms with Gasteiger partial charge < -0.3 is 39.0 Å². The average Bonchev–Trinajstić information content (AvgIpc) is 3.04. The second kappa shape index (κ2) is 15.0. The van der Waals surface area contributed by atoms with Crippen molar-refractivity contribution in [3.63, 3.8) is 0 Å². The number of amides is 1. The summed E-state index contributed by atoms with van der Waals surface area (Å²) in [6.45, 7) is 12.2. The fourth-order valence-electron chi connectivity index (χ4n) is 6.88. The number of piperazine rings is 1. The highest BCUT2D eigenvalue weighted by Crippen LogP contribution is 2.37. The highest BCUT2D eigenvalue weighted by molar-refractivity contribution is 5.82. The number of nitrogens with zero attached hydrogens (tertiary/aromatic N) is 3. The summed E-state index contributed by atoms with van der Waals surface area (Å²) in [5, 5.41) is 3.77. The first-order chi connectivity index (χ1) is 21.3. The number of ether oxygens (including phenoxy) is 4. The molecule has 2 saturated heterocycles. The molecule has 0 bridgehead atoms. The van der Waals surface area contributed by atoms with E-state index in [2.05, 4.69) is 71.2 Å². The minimum atomic E-state index is -0.438. The zero-order chi connectivity index (χ0) is 31.1. The highest BCUT2D eigenvalue weighted by atomic mass is 16.5. The molecule has 5 rings (SSSR count).